The number of amides is 1. The fraction of sp³-hybridized carbons (Fsp3) is 0.350. The van der Waals surface area contributed by atoms with Gasteiger partial charge in [-0.15, -0.1) is 0 Å². The van der Waals surface area contributed by atoms with E-state index >= 15 is 0 Å². The molecule has 2 heterocycles. The predicted octanol–water partition coefficient (Wildman–Crippen LogP) is 5.76. The number of benzene rings is 1. The molecule has 0 radical (unpaired) electrons. The normalized spacial score (nSPS) is 15.6. The van der Waals surface area contributed by atoms with Gasteiger partial charge in [0.25, 0.3) is 0 Å². The Labute approximate surface area is 186 Å². The number of hydrogen-bond donors (Lipinski definition) is 1. The van der Waals surface area contributed by atoms with E-state index < -0.39 is 57.2 Å². The van der Waals surface area contributed by atoms with Crippen molar-refractivity contribution in [2.24, 2.45) is 0 Å². The maximum atomic E-state index is 13.3. The van der Waals surface area contributed by atoms with E-state index in [0.29, 0.717) is 18.9 Å². The van der Waals surface area contributed by atoms with Crippen molar-refractivity contribution in [1.29, 1.82) is 0 Å². The second-order valence-electron chi connectivity index (χ2n) is 7.62. The van der Waals surface area contributed by atoms with Gasteiger partial charge in [0.05, 0.1) is 16.3 Å². The first kappa shape index (κ1) is 23.1. The van der Waals surface area contributed by atoms with Crippen LogP contribution < -0.4 is 10.9 Å². The van der Waals surface area contributed by atoms with Gasteiger partial charge in [-0.05, 0) is 31.9 Å². The molecule has 1 atom stereocenters. The molecule has 1 fully saturated rings. The van der Waals surface area contributed by atoms with Gasteiger partial charge in [-0.25, -0.2) is 4.79 Å². The Kier molecular flexibility index (Phi) is 5.46. The van der Waals surface area contributed by atoms with Crippen LogP contribution in [0, 0.1) is 0 Å². The summed E-state index contributed by atoms with van der Waals surface area (Å²) in [6.45, 7) is 1.31. The fourth-order valence-electron chi connectivity index (χ4n) is 3.46. The van der Waals surface area contributed by atoms with E-state index in [1.807, 2.05) is 0 Å². The number of nitrogens with one attached hydrogen (secondary N) is 1. The number of carbonyl (C=O) groups is 1. The highest BCUT2D eigenvalue weighted by atomic mass is 35.5. The lowest BCUT2D eigenvalue weighted by molar-refractivity contribution is -0.141. The summed E-state index contributed by atoms with van der Waals surface area (Å²) in [4.78, 5) is 24.3. The number of rotatable bonds is 4. The predicted molar refractivity (Wildman–Crippen MR) is 105 cm³/mol. The summed E-state index contributed by atoms with van der Waals surface area (Å²) < 4.78 is 85.0. The number of nitrogens with zero attached hydrogens (tertiary/aromatic N) is 2. The molecule has 6 nitrogen and oxygen atoms in total. The molecule has 1 N–H and O–H groups in total. The van der Waals surface area contributed by atoms with Crippen molar-refractivity contribution in [1.82, 2.24) is 9.78 Å². The third-order valence-corrected chi connectivity index (χ3v) is 5.56. The average molecular weight is 494 g/mol. The van der Waals surface area contributed by atoms with Crippen LogP contribution >= 0.6 is 11.6 Å². The van der Waals surface area contributed by atoms with E-state index in [2.05, 4.69) is 10.4 Å². The molecule has 1 aromatic carbocycles. The van der Waals surface area contributed by atoms with E-state index in [1.165, 1.54) is 6.92 Å². The summed E-state index contributed by atoms with van der Waals surface area (Å²) >= 11 is 5.92. The molecule has 0 aliphatic heterocycles. The zero-order chi connectivity index (χ0) is 24.3. The lowest BCUT2D eigenvalue weighted by atomic mass is 10.1. The molecule has 0 spiro atoms. The minimum Gasteiger partial charge on any atom is -0.423 e. The number of carbonyl (C=O) groups excluding carboxylic acids is 1. The van der Waals surface area contributed by atoms with Gasteiger partial charge in [0.1, 0.15) is 11.6 Å². The molecule has 3 aromatic rings. The van der Waals surface area contributed by atoms with Crippen LogP contribution in [-0.4, -0.2) is 15.7 Å². The van der Waals surface area contributed by atoms with Crippen molar-refractivity contribution in [3.05, 3.63) is 56.7 Å². The highest BCUT2D eigenvalue weighted by molar-refractivity contribution is 6.32. The summed E-state index contributed by atoms with van der Waals surface area (Å²) in [5, 5.41) is 4.97. The van der Waals surface area contributed by atoms with Gasteiger partial charge >= 0.3 is 18.0 Å². The molecule has 0 unspecified atom stereocenters. The number of hydrogen-bond acceptors (Lipinski definition) is 4. The van der Waals surface area contributed by atoms with Crippen LogP contribution in [0.3, 0.4) is 0 Å². The van der Waals surface area contributed by atoms with E-state index in [9.17, 15) is 35.9 Å². The lowest BCUT2D eigenvalue weighted by Gasteiger charge is -2.16. The van der Waals surface area contributed by atoms with Crippen molar-refractivity contribution >= 4 is 34.2 Å². The lowest BCUT2D eigenvalue weighted by Crippen LogP contribution is -2.26. The van der Waals surface area contributed by atoms with Crippen molar-refractivity contribution in [3.8, 4) is 0 Å². The average Bonchev–Trinajstić information content (AvgIpc) is 3.46. The minimum atomic E-state index is -4.81. The highest BCUT2D eigenvalue weighted by Gasteiger charge is 2.43. The number of aromatic nitrogens is 2. The number of halogens is 7. The molecule has 1 aliphatic carbocycles. The second kappa shape index (κ2) is 7.79. The quantitative estimate of drug-likeness (QED) is 0.370. The summed E-state index contributed by atoms with van der Waals surface area (Å²) in [6, 6.07) is 2.29. The van der Waals surface area contributed by atoms with Crippen LogP contribution in [0.15, 0.2) is 33.5 Å². The van der Waals surface area contributed by atoms with Gasteiger partial charge in [-0.3, -0.25) is 9.48 Å². The van der Waals surface area contributed by atoms with Crippen molar-refractivity contribution < 1.29 is 35.6 Å². The maximum absolute atomic E-state index is 13.3. The molecular formula is C20H14ClF6N3O3. The Balaban J connectivity index is 1.66. The standard InChI is InChI=1S/C20H14ClF6N3O3/c1-8(30-16(9-2-3-9)15(21)17(29-30)20(25,26)27)18(32)28-10-4-5-11-12(19(22,23)24)7-14(31)33-13(11)6-10/h4-9H,2-3H2,1H3,(H,28,32)/t8-/m0/s1. The van der Waals surface area contributed by atoms with Crippen molar-refractivity contribution in [2.75, 3.05) is 5.32 Å². The van der Waals surface area contributed by atoms with Gasteiger partial charge in [-0.1, -0.05) is 11.6 Å². The zero-order valence-electron chi connectivity index (χ0n) is 16.6. The zero-order valence-corrected chi connectivity index (χ0v) is 17.4. The number of anilines is 1. The molecule has 0 saturated heterocycles. The molecular weight excluding hydrogens is 480 g/mol. The third-order valence-electron chi connectivity index (χ3n) is 5.18. The second-order valence-corrected chi connectivity index (χ2v) is 8.00. The van der Waals surface area contributed by atoms with Gasteiger partial charge in [0.15, 0.2) is 5.69 Å². The van der Waals surface area contributed by atoms with Gasteiger partial charge in [-0.2, -0.15) is 31.4 Å². The molecule has 2 aromatic heterocycles. The van der Waals surface area contributed by atoms with E-state index in [4.69, 9.17) is 16.0 Å². The Morgan fingerprint density at radius 1 is 1.18 bits per heavy atom. The van der Waals surface area contributed by atoms with Crippen LogP contribution in [0.5, 0.6) is 0 Å². The fourth-order valence-corrected chi connectivity index (χ4v) is 3.85. The molecule has 176 valence electrons. The van der Waals surface area contributed by atoms with E-state index in [1.54, 1.807) is 0 Å². The smallest absolute Gasteiger partial charge is 0.423 e. The highest BCUT2D eigenvalue weighted by Crippen LogP contribution is 2.47. The molecule has 1 aliphatic rings. The Bertz CT molecular complexity index is 1310. The molecule has 33 heavy (non-hydrogen) atoms. The van der Waals surface area contributed by atoms with Crippen molar-refractivity contribution in [2.45, 2.75) is 44.1 Å². The molecule has 13 heteroatoms. The van der Waals surface area contributed by atoms with Crippen LogP contribution in [0.4, 0.5) is 32.0 Å². The number of alkyl halides is 6. The molecule has 4 rings (SSSR count). The largest absolute Gasteiger partial charge is 0.436 e. The summed E-state index contributed by atoms with van der Waals surface area (Å²) in [5.74, 6) is -1.05. The van der Waals surface area contributed by atoms with Crippen LogP contribution in [-0.2, 0) is 17.1 Å². The van der Waals surface area contributed by atoms with Crippen LogP contribution in [0.1, 0.15) is 48.7 Å². The summed E-state index contributed by atoms with van der Waals surface area (Å²) in [7, 11) is 0. The Morgan fingerprint density at radius 2 is 1.85 bits per heavy atom. The number of fused-ring (bicyclic) bond motifs is 1. The van der Waals surface area contributed by atoms with Crippen LogP contribution in [0.2, 0.25) is 5.02 Å². The Hall–Kier alpha value is -3.02. The Morgan fingerprint density at radius 3 is 2.42 bits per heavy atom. The third kappa shape index (κ3) is 4.43. The maximum Gasteiger partial charge on any atom is 0.436 e. The first-order valence-electron chi connectivity index (χ1n) is 9.58. The molecule has 0 bridgehead atoms. The van der Waals surface area contributed by atoms with E-state index in [0.717, 1.165) is 22.9 Å². The topological polar surface area (TPSA) is 77.1 Å². The van der Waals surface area contributed by atoms with Gasteiger partial charge in [0.2, 0.25) is 5.91 Å². The molecule has 1 saturated carbocycles. The van der Waals surface area contributed by atoms with Gasteiger partial charge < -0.3 is 9.73 Å². The SMILES string of the molecule is C[C@@H](C(=O)Nc1ccc2c(C(F)(F)F)cc(=O)oc2c1)n1nc(C(F)(F)F)c(Cl)c1C1CC1. The summed E-state index contributed by atoms with van der Waals surface area (Å²) in [6.07, 6.45) is -8.42. The first-order valence-corrected chi connectivity index (χ1v) is 9.96. The van der Waals surface area contributed by atoms with E-state index in [-0.39, 0.29) is 17.3 Å². The monoisotopic (exact) mass is 493 g/mol. The van der Waals surface area contributed by atoms with Crippen molar-refractivity contribution in [3.63, 3.8) is 0 Å². The van der Waals surface area contributed by atoms with Crippen LogP contribution in [0.25, 0.3) is 11.0 Å². The summed E-state index contributed by atoms with van der Waals surface area (Å²) in [5.41, 5.74) is -4.06. The first-order chi connectivity index (χ1) is 15.3. The minimum absolute atomic E-state index is 0.0240. The van der Waals surface area contributed by atoms with Gasteiger partial charge in [0, 0.05) is 29.1 Å². The molecule has 1 amide bonds.